The molecule has 4 heteroatoms. The second kappa shape index (κ2) is 10.1. The van der Waals surface area contributed by atoms with E-state index >= 15 is 0 Å². The van der Waals surface area contributed by atoms with Crippen molar-refractivity contribution in [1.29, 1.82) is 0 Å². The van der Waals surface area contributed by atoms with Crippen LogP contribution in [0, 0.1) is 5.92 Å². The molecule has 96 valence electrons. The molecule has 0 aromatic carbocycles. The van der Waals surface area contributed by atoms with Gasteiger partial charge < -0.3 is 14.6 Å². The molecular formula is C12H23ClO3. The molecule has 0 aliphatic carbocycles. The molecule has 0 radical (unpaired) electrons. The summed E-state index contributed by atoms with van der Waals surface area (Å²) < 4.78 is 10.4. The monoisotopic (exact) mass is 250 g/mol. The molecule has 3 nitrogen and oxygen atoms in total. The van der Waals surface area contributed by atoms with Crippen molar-refractivity contribution < 1.29 is 14.6 Å². The number of hydrogen-bond donors (Lipinski definition) is 1. The first kappa shape index (κ1) is 15.9. The van der Waals surface area contributed by atoms with Gasteiger partial charge >= 0.3 is 0 Å². The summed E-state index contributed by atoms with van der Waals surface area (Å²) in [7, 11) is 3.15. The number of alkyl halides is 1. The minimum atomic E-state index is -0.596. The van der Waals surface area contributed by atoms with Crippen LogP contribution in [0.3, 0.4) is 0 Å². The number of aliphatic hydroxyl groups is 1. The first-order chi connectivity index (χ1) is 7.71. The molecule has 0 heterocycles. The molecule has 0 bridgehead atoms. The van der Waals surface area contributed by atoms with E-state index in [0.717, 1.165) is 19.3 Å². The number of hydrogen-bond acceptors (Lipinski definition) is 3. The van der Waals surface area contributed by atoms with Crippen molar-refractivity contribution in [3.8, 4) is 0 Å². The lowest BCUT2D eigenvalue weighted by atomic mass is 9.96. The van der Waals surface area contributed by atoms with Crippen LogP contribution in [0.4, 0.5) is 0 Å². The van der Waals surface area contributed by atoms with Gasteiger partial charge in [0.2, 0.25) is 0 Å². The number of halogens is 1. The fraction of sp³-hybridized carbons (Fsp3) is 0.833. The van der Waals surface area contributed by atoms with Crippen LogP contribution < -0.4 is 0 Å². The zero-order chi connectivity index (χ0) is 12.4. The van der Waals surface area contributed by atoms with E-state index in [1.54, 1.807) is 14.2 Å². The van der Waals surface area contributed by atoms with Gasteiger partial charge in [-0.1, -0.05) is 19.1 Å². The molecule has 1 N–H and O–H groups in total. The van der Waals surface area contributed by atoms with E-state index < -0.39 is 12.4 Å². The maximum Gasteiger partial charge on any atom is 0.162 e. The van der Waals surface area contributed by atoms with Crippen molar-refractivity contribution in [1.82, 2.24) is 0 Å². The highest BCUT2D eigenvalue weighted by atomic mass is 35.5. The number of aliphatic hydroxyl groups excluding tert-OH is 1. The van der Waals surface area contributed by atoms with Crippen LogP contribution in [0.15, 0.2) is 12.2 Å². The van der Waals surface area contributed by atoms with Gasteiger partial charge in [0, 0.05) is 26.0 Å². The maximum atomic E-state index is 9.79. The zero-order valence-electron chi connectivity index (χ0n) is 10.4. The lowest BCUT2D eigenvalue weighted by Crippen LogP contribution is -2.35. The van der Waals surface area contributed by atoms with Crippen molar-refractivity contribution in [3.05, 3.63) is 12.2 Å². The second-order valence-corrected chi connectivity index (χ2v) is 3.99. The quantitative estimate of drug-likeness (QED) is 0.388. The van der Waals surface area contributed by atoms with Crippen LogP contribution in [0.25, 0.3) is 0 Å². The zero-order valence-corrected chi connectivity index (χ0v) is 11.1. The van der Waals surface area contributed by atoms with Crippen LogP contribution >= 0.6 is 11.6 Å². The van der Waals surface area contributed by atoms with Crippen molar-refractivity contribution in [2.24, 2.45) is 5.92 Å². The largest absolute Gasteiger partial charge is 0.391 e. The van der Waals surface area contributed by atoms with E-state index in [-0.39, 0.29) is 11.8 Å². The Morgan fingerprint density at radius 2 is 1.88 bits per heavy atom. The Balaban J connectivity index is 4.24. The molecule has 0 unspecified atom stereocenters. The van der Waals surface area contributed by atoms with Gasteiger partial charge in [0.25, 0.3) is 0 Å². The number of methoxy groups -OCH3 is 2. The fourth-order valence-corrected chi connectivity index (χ4v) is 1.87. The summed E-state index contributed by atoms with van der Waals surface area (Å²) in [4.78, 5) is 0. The highest BCUT2D eigenvalue weighted by molar-refractivity contribution is 6.18. The van der Waals surface area contributed by atoms with Gasteiger partial charge in [-0.3, -0.25) is 0 Å². The molecular weight excluding hydrogens is 228 g/mol. The summed E-state index contributed by atoms with van der Waals surface area (Å²) in [6, 6.07) is 0. The summed E-state index contributed by atoms with van der Waals surface area (Å²) >= 11 is 5.67. The number of ether oxygens (including phenoxy) is 2. The van der Waals surface area contributed by atoms with Gasteiger partial charge in [0.15, 0.2) is 6.29 Å². The molecule has 0 rings (SSSR count). The molecule has 0 aromatic rings. The molecule has 0 aromatic heterocycles. The Bertz CT molecular complexity index is 181. The summed E-state index contributed by atoms with van der Waals surface area (Å²) in [5, 5.41) is 9.79. The SMILES string of the molecule is CCC=CCC[C@H](C(OC)OC)[C@@H](O)CCl. The van der Waals surface area contributed by atoms with Crippen molar-refractivity contribution in [2.45, 2.75) is 38.6 Å². The predicted octanol–water partition coefficient (Wildman–Crippen LogP) is 2.57. The molecule has 0 saturated heterocycles. The Hall–Kier alpha value is -0.0900. The maximum absolute atomic E-state index is 9.79. The molecule has 0 saturated carbocycles. The summed E-state index contributed by atoms with van der Waals surface area (Å²) in [6.07, 6.45) is 5.95. The predicted molar refractivity (Wildman–Crippen MR) is 66.7 cm³/mol. The standard InChI is InChI=1S/C12H23ClO3/c1-4-5-6-7-8-10(11(14)9-13)12(15-2)16-3/h5-6,10-12,14H,4,7-9H2,1-3H3/t10-,11-/m0/s1. The van der Waals surface area contributed by atoms with E-state index in [2.05, 4.69) is 19.1 Å². The minimum Gasteiger partial charge on any atom is -0.391 e. The van der Waals surface area contributed by atoms with E-state index in [4.69, 9.17) is 21.1 Å². The molecule has 16 heavy (non-hydrogen) atoms. The number of allylic oxidation sites excluding steroid dienone is 2. The van der Waals surface area contributed by atoms with E-state index in [1.807, 2.05) is 0 Å². The Kier molecular flexibility index (Phi) is 10.0. The lowest BCUT2D eigenvalue weighted by Gasteiger charge is -2.27. The third-order valence-electron chi connectivity index (χ3n) is 2.54. The minimum absolute atomic E-state index is 0.0889. The molecule has 0 spiro atoms. The Labute approximate surface area is 103 Å². The first-order valence-corrected chi connectivity index (χ1v) is 6.19. The number of rotatable bonds is 9. The van der Waals surface area contributed by atoms with E-state index in [9.17, 15) is 5.11 Å². The van der Waals surface area contributed by atoms with Crippen LogP contribution in [0.5, 0.6) is 0 Å². The van der Waals surface area contributed by atoms with Gasteiger partial charge in [-0.15, -0.1) is 11.6 Å². The van der Waals surface area contributed by atoms with Crippen LogP contribution in [-0.2, 0) is 9.47 Å². The highest BCUT2D eigenvalue weighted by Crippen LogP contribution is 2.20. The highest BCUT2D eigenvalue weighted by Gasteiger charge is 2.27. The lowest BCUT2D eigenvalue weighted by molar-refractivity contribution is -0.159. The Morgan fingerprint density at radius 1 is 1.25 bits per heavy atom. The second-order valence-electron chi connectivity index (χ2n) is 3.68. The van der Waals surface area contributed by atoms with Crippen molar-refractivity contribution in [2.75, 3.05) is 20.1 Å². The van der Waals surface area contributed by atoms with Crippen LogP contribution in [-0.4, -0.2) is 37.6 Å². The summed E-state index contributed by atoms with van der Waals surface area (Å²) in [5.41, 5.74) is 0. The van der Waals surface area contributed by atoms with Gasteiger partial charge in [-0.25, -0.2) is 0 Å². The molecule has 0 fully saturated rings. The van der Waals surface area contributed by atoms with E-state index in [1.165, 1.54) is 0 Å². The molecule has 2 atom stereocenters. The van der Waals surface area contributed by atoms with Gasteiger partial charge in [-0.2, -0.15) is 0 Å². The molecule has 0 amide bonds. The third-order valence-corrected chi connectivity index (χ3v) is 2.85. The van der Waals surface area contributed by atoms with Gasteiger partial charge in [0.05, 0.1) is 6.10 Å². The topological polar surface area (TPSA) is 38.7 Å². The summed E-state index contributed by atoms with van der Waals surface area (Å²) in [5.74, 6) is 0.111. The first-order valence-electron chi connectivity index (χ1n) is 5.65. The van der Waals surface area contributed by atoms with Crippen LogP contribution in [0.2, 0.25) is 0 Å². The van der Waals surface area contributed by atoms with Gasteiger partial charge in [-0.05, 0) is 19.3 Å². The van der Waals surface area contributed by atoms with Crippen LogP contribution in [0.1, 0.15) is 26.2 Å². The third kappa shape index (κ3) is 5.85. The average Bonchev–Trinajstić information content (AvgIpc) is 2.32. The van der Waals surface area contributed by atoms with Crippen molar-refractivity contribution in [3.63, 3.8) is 0 Å². The van der Waals surface area contributed by atoms with Crippen molar-refractivity contribution >= 4 is 11.6 Å². The fourth-order valence-electron chi connectivity index (χ4n) is 1.64. The molecule has 0 aliphatic rings. The van der Waals surface area contributed by atoms with Gasteiger partial charge in [0.1, 0.15) is 0 Å². The molecule has 0 aliphatic heterocycles. The van der Waals surface area contributed by atoms with E-state index in [0.29, 0.717) is 0 Å². The smallest absolute Gasteiger partial charge is 0.162 e. The Morgan fingerprint density at radius 3 is 2.31 bits per heavy atom. The average molecular weight is 251 g/mol. The summed E-state index contributed by atoms with van der Waals surface area (Å²) in [6.45, 7) is 2.09. The normalized spacial score (nSPS) is 15.9.